The molecule has 0 aliphatic carbocycles. The molecule has 1 amide bonds. The highest BCUT2D eigenvalue weighted by molar-refractivity contribution is 6.33. The number of amides is 1. The van der Waals surface area contributed by atoms with E-state index in [0.29, 0.717) is 23.8 Å². The fourth-order valence-corrected chi connectivity index (χ4v) is 2.86. The summed E-state index contributed by atoms with van der Waals surface area (Å²) in [6.07, 6.45) is 2.41. The zero-order valence-corrected chi connectivity index (χ0v) is 15.7. The first-order valence-electron chi connectivity index (χ1n) is 8.31. The largest absolute Gasteiger partial charge is 0.340 e. The lowest BCUT2D eigenvalue weighted by Crippen LogP contribution is -2.30. The molecule has 3 aromatic rings. The van der Waals surface area contributed by atoms with E-state index in [1.54, 1.807) is 35.0 Å². The van der Waals surface area contributed by atoms with Crippen molar-refractivity contribution in [1.82, 2.24) is 24.6 Å². The maximum Gasteiger partial charge on any atom is 0.273 e. The monoisotopic (exact) mass is 369 g/mol. The van der Waals surface area contributed by atoms with Crippen molar-refractivity contribution >= 4 is 17.5 Å². The first-order chi connectivity index (χ1) is 12.5. The molecule has 6 nitrogen and oxygen atoms in total. The van der Waals surface area contributed by atoms with E-state index < -0.39 is 0 Å². The third-order valence-electron chi connectivity index (χ3n) is 4.04. The van der Waals surface area contributed by atoms with E-state index in [1.807, 2.05) is 38.1 Å². The van der Waals surface area contributed by atoms with Crippen molar-refractivity contribution in [3.63, 3.8) is 0 Å². The Morgan fingerprint density at radius 1 is 1.23 bits per heavy atom. The van der Waals surface area contributed by atoms with E-state index in [0.717, 1.165) is 17.1 Å². The van der Waals surface area contributed by atoms with Gasteiger partial charge in [0.2, 0.25) is 0 Å². The van der Waals surface area contributed by atoms with Gasteiger partial charge in [-0.1, -0.05) is 17.7 Å². The van der Waals surface area contributed by atoms with Crippen LogP contribution in [0.15, 0.2) is 42.6 Å². The van der Waals surface area contributed by atoms with E-state index in [-0.39, 0.29) is 11.6 Å². The molecule has 3 heterocycles. The minimum atomic E-state index is -0.227. The molecular formula is C19H20ClN5O. The lowest BCUT2D eigenvalue weighted by atomic mass is 10.2. The second kappa shape index (κ2) is 7.66. The second-order valence-corrected chi connectivity index (χ2v) is 6.54. The Morgan fingerprint density at radius 3 is 2.69 bits per heavy atom. The van der Waals surface area contributed by atoms with Crippen LogP contribution in [0.2, 0.25) is 5.02 Å². The number of halogens is 1. The van der Waals surface area contributed by atoms with Gasteiger partial charge in [-0.3, -0.25) is 9.78 Å². The van der Waals surface area contributed by atoms with Gasteiger partial charge in [-0.2, -0.15) is 5.10 Å². The van der Waals surface area contributed by atoms with Crippen molar-refractivity contribution in [2.45, 2.75) is 20.3 Å². The Bertz CT molecular complexity index is 923. The summed E-state index contributed by atoms with van der Waals surface area (Å²) in [5.74, 6) is 0.343. The first-order valence-corrected chi connectivity index (χ1v) is 8.69. The summed E-state index contributed by atoms with van der Waals surface area (Å²) < 4.78 is 1.70. The molecule has 0 spiro atoms. The van der Waals surface area contributed by atoms with Crippen LogP contribution >= 0.6 is 11.6 Å². The number of hydrogen-bond acceptors (Lipinski definition) is 4. The third kappa shape index (κ3) is 3.91. The number of carbonyl (C=O) groups is 1. The number of pyridine rings is 2. The Kier molecular flexibility index (Phi) is 5.32. The molecule has 3 aromatic heterocycles. The van der Waals surface area contributed by atoms with E-state index >= 15 is 0 Å². The van der Waals surface area contributed by atoms with Gasteiger partial charge in [0.1, 0.15) is 5.69 Å². The van der Waals surface area contributed by atoms with Gasteiger partial charge in [-0.15, -0.1) is 0 Å². The number of aromatic nitrogens is 4. The van der Waals surface area contributed by atoms with Crippen LogP contribution in [0.5, 0.6) is 0 Å². The molecule has 3 rings (SSSR count). The predicted octanol–water partition coefficient (Wildman–Crippen LogP) is 3.25. The average Bonchev–Trinajstić information content (AvgIpc) is 2.98. The number of carbonyl (C=O) groups excluding carboxylic acids is 1. The summed E-state index contributed by atoms with van der Waals surface area (Å²) in [6, 6.07) is 11.1. The second-order valence-electron chi connectivity index (χ2n) is 6.14. The molecule has 0 bridgehead atoms. The van der Waals surface area contributed by atoms with Crippen LogP contribution in [-0.2, 0) is 6.42 Å². The first kappa shape index (κ1) is 18.1. The van der Waals surface area contributed by atoms with Crippen LogP contribution in [-0.4, -0.2) is 44.1 Å². The fraction of sp³-hybridized carbons (Fsp3) is 0.263. The van der Waals surface area contributed by atoms with Crippen LogP contribution in [0.4, 0.5) is 0 Å². The van der Waals surface area contributed by atoms with Crippen molar-refractivity contribution in [2.75, 3.05) is 13.6 Å². The van der Waals surface area contributed by atoms with Gasteiger partial charge in [0.15, 0.2) is 5.82 Å². The summed E-state index contributed by atoms with van der Waals surface area (Å²) in [5, 5.41) is 4.73. The van der Waals surface area contributed by atoms with Gasteiger partial charge in [0.25, 0.3) is 5.91 Å². The zero-order valence-electron chi connectivity index (χ0n) is 15.0. The maximum absolute atomic E-state index is 12.8. The molecule has 0 aliphatic heterocycles. The highest BCUT2D eigenvalue weighted by Crippen LogP contribution is 2.19. The molecule has 0 saturated heterocycles. The molecule has 7 heteroatoms. The molecular weight excluding hydrogens is 350 g/mol. The van der Waals surface area contributed by atoms with Gasteiger partial charge < -0.3 is 4.90 Å². The third-order valence-corrected chi connectivity index (χ3v) is 4.34. The highest BCUT2D eigenvalue weighted by atomic mass is 35.5. The van der Waals surface area contributed by atoms with Crippen molar-refractivity contribution in [3.8, 4) is 5.82 Å². The number of nitrogens with zero attached hydrogens (tertiary/aromatic N) is 5. The molecule has 0 atom stereocenters. The molecule has 0 N–H and O–H groups in total. The Hall–Kier alpha value is -2.73. The Labute approximate surface area is 157 Å². The Balaban J connectivity index is 1.80. The molecule has 0 unspecified atom stereocenters. The predicted molar refractivity (Wildman–Crippen MR) is 101 cm³/mol. The van der Waals surface area contributed by atoms with E-state index in [9.17, 15) is 4.79 Å². The van der Waals surface area contributed by atoms with Crippen molar-refractivity contribution in [2.24, 2.45) is 0 Å². The molecule has 0 radical (unpaired) electrons. The molecule has 0 aliphatic rings. The van der Waals surface area contributed by atoms with Gasteiger partial charge >= 0.3 is 0 Å². The molecule has 134 valence electrons. The zero-order chi connectivity index (χ0) is 18.7. The summed E-state index contributed by atoms with van der Waals surface area (Å²) in [7, 11) is 1.74. The van der Waals surface area contributed by atoms with Crippen molar-refractivity contribution in [3.05, 3.63) is 70.4 Å². The van der Waals surface area contributed by atoms with Crippen LogP contribution in [0.25, 0.3) is 5.82 Å². The quantitative estimate of drug-likeness (QED) is 0.692. The van der Waals surface area contributed by atoms with E-state index in [1.165, 1.54) is 0 Å². The molecule has 0 aromatic carbocycles. The summed E-state index contributed by atoms with van der Waals surface area (Å²) >= 11 is 6.23. The maximum atomic E-state index is 12.8. The fourth-order valence-electron chi connectivity index (χ4n) is 2.67. The average molecular weight is 370 g/mol. The highest BCUT2D eigenvalue weighted by Gasteiger charge is 2.19. The van der Waals surface area contributed by atoms with Gasteiger partial charge in [0, 0.05) is 37.6 Å². The normalized spacial score (nSPS) is 10.8. The van der Waals surface area contributed by atoms with Crippen molar-refractivity contribution < 1.29 is 4.79 Å². The summed E-state index contributed by atoms with van der Waals surface area (Å²) in [5.41, 5.74) is 2.99. The van der Waals surface area contributed by atoms with Crippen LogP contribution < -0.4 is 0 Å². The van der Waals surface area contributed by atoms with Crippen LogP contribution in [0.1, 0.15) is 27.6 Å². The van der Waals surface area contributed by atoms with Gasteiger partial charge in [-0.25, -0.2) is 9.67 Å². The lowest BCUT2D eigenvalue weighted by Gasteiger charge is -2.17. The van der Waals surface area contributed by atoms with Gasteiger partial charge in [-0.05, 0) is 44.2 Å². The number of likely N-dealkylation sites (N-methyl/N-ethyl adjacent to an activating group) is 1. The molecule has 0 fully saturated rings. The number of rotatable bonds is 5. The number of aryl methyl sites for hydroxylation is 2. The minimum Gasteiger partial charge on any atom is -0.340 e. The number of hydrogen-bond donors (Lipinski definition) is 0. The lowest BCUT2D eigenvalue weighted by molar-refractivity contribution is 0.0790. The SMILES string of the molecule is Cc1cc(C)n(-c2ccc(Cl)c(C(=O)N(C)CCc3ccccn3)n2)n1. The minimum absolute atomic E-state index is 0.222. The standard InChI is InChI=1S/C19H20ClN5O/c1-13-12-14(2)25(23-13)17-8-7-16(20)18(22-17)19(26)24(3)11-9-15-6-4-5-10-21-15/h4-8,10,12H,9,11H2,1-3H3. The molecule has 0 saturated carbocycles. The van der Waals surface area contributed by atoms with Crippen LogP contribution in [0.3, 0.4) is 0 Å². The smallest absolute Gasteiger partial charge is 0.273 e. The molecule has 26 heavy (non-hydrogen) atoms. The summed E-state index contributed by atoms with van der Waals surface area (Å²) in [4.78, 5) is 23.1. The van der Waals surface area contributed by atoms with E-state index in [4.69, 9.17) is 11.6 Å². The van der Waals surface area contributed by atoms with Gasteiger partial charge in [0.05, 0.1) is 10.7 Å². The Morgan fingerprint density at radius 2 is 2.04 bits per heavy atom. The summed E-state index contributed by atoms with van der Waals surface area (Å²) in [6.45, 7) is 4.38. The van der Waals surface area contributed by atoms with E-state index in [2.05, 4.69) is 15.1 Å². The van der Waals surface area contributed by atoms with Crippen molar-refractivity contribution in [1.29, 1.82) is 0 Å². The van der Waals surface area contributed by atoms with Crippen LogP contribution in [0, 0.1) is 13.8 Å². The topological polar surface area (TPSA) is 63.9 Å².